The minimum absolute atomic E-state index is 0.0201. The van der Waals surface area contributed by atoms with Gasteiger partial charge in [-0.3, -0.25) is 4.79 Å². The summed E-state index contributed by atoms with van der Waals surface area (Å²) in [5, 5.41) is 3.67. The number of ether oxygens (including phenoxy) is 2. The SMILES string of the molecule is [C-]#[N+]CCOC(=O)C1=C(C)Nc2ccnc(OCC)c2C1c1cccc2c(=O)cc(C)oc12. The molecule has 168 valence electrons. The number of esters is 1. The van der Waals surface area contributed by atoms with E-state index in [1.54, 1.807) is 32.2 Å². The second-order valence-corrected chi connectivity index (χ2v) is 7.57. The van der Waals surface area contributed by atoms with Crippen molar-refractivity contribution >= 4 is 22.6 Å². The van der Waals surface area contributed by atoms with E-state index in [-0.39, 0.29) is 18.6 Å². The van der Waals surface area contributed by atoms with Gasteiger partial charge >= 0.3 is 5.97 Å². The van der Waals surface area contributed by atoms with E-state index < -0.39 is 11.9 Å². The Morgan fingerprint density at radius 1 is 1.30 bits per heavy atom. The van der Waals surface area contributed by atoms with Gasteiger partial charge in [0.05, 0.1) is 29.0 Å². The summed E-state index contributed by atoms with van der Waals surface area (Å²) < 4.78 is 17.2. The minimum Gasteiger partial charge on any atom is -0.478 e. The fraction of sp³-hybridized carbons (Fsp3) is 0.280. The fourth-order valence-electron chi connectivity index (χ4n) is 4.11. The van der Waals surface area contributed by atoms with Gasteiger partial charge in [-0.05, 0) is 32.9 Å². The minimum atomic E-state index is -0.661. The highest BCUT2D eigenvalue weighted by Crippen LogP contribution is 2.47. The molecule has 0 aliphatic carbocycles. The monoisotopic (exact) mass is 445 g/mol. The molecule has 0 bridgehead atoms. The van der Waals surface area contributed by atoms with Crippen LogP contribution in [0.15, 0.2) is 57.0 Å². The molecule has 0 fully saturated rings. The number of aromatic nitrogens is 1. The number of benzene rings is 1. The molecule has 1 aromatic carbocycles. The van der Waals surface area contributed by atoms with Crippen LogP contribution >= 0.6 is 0 Å². The molecule has 0 radical (unpaired) electrons. The summed E-state index contributed by atoms with van der Waals surface area (Å²) in [4.78, 5) is 33.5. The number of rotatable bonds is 6. The summed E-state index contributed by atoms with van der Waals surface area (Å²) in [6.07, 6.45) is 1.63. The van der Waals surface area contributed by atoms with E-state index >= 15 is 0 Å². The van der Waals surface area contributed by atoms with Gasteiger partial charge in [0, 0.05) is 29.2 Å². The average Bonchev–Trinajstić information content (AvgIpc) is 2.78. The predicted octanol–water partition coefficient (Wildman–Crippen LogP) is 4.19. The van der Waals surface area contributed by atoms with Crippen molar-refractivity contribution in [2.45, 2.75) is 26.7 Å². The van der Waals surface area contributed by atoms with Gasteiger partial charge in [-0.1, -0.05) is 12.1 Å². The number of carbonyl (C=O) groups excluding carboxylic acids is 1. The van der Waals surface area contributed by atoms with Crippen LogP contribution < -0.4 is 15.5 Å². The van der Waals surface area contributed by atoms with Gasteiger partial charge in [0.15, 0.2) is 12.0 Å². The van der Waals surface area contributed by atoms with E-state index in [9.17, 15) is 9.59 Å². The molecule has 8 heteroatoms. The largest absolute Gasteiger partial charge is 0.478 e. The summed E-state index contributed by atoms with van der Waals surface area (Å²) in [5.74, 6) is -0.381. The number of allylic oxidation sites excluding steroid dienone is 1. The quantitative estimate of drug-likeness (QED) is 0.345. The number of anilines is 1. The summed E-state index contributed by atoms with van der Waals surface area (Å²) in [6, 6.07) is 8.54. The lowest BCUT2D eigenvalue weighted by Crippen LogP contribution is -2.26. The van der Waals surface area contributed by atoms with E-state index in [4.69, 9.17) is 20.5 Å². The summed E-state index contributed by atoms with van der Waals surface area (Å²) in [7, 11) is 0. The van der Waals surface area contributed by atoms with E-state index in [0.717, 1.165) is 5.69 Å². The van der Waals surface area contributed by atoms with Crippen LogP contribution in [0.4, 0.5) is 5.69 Å². The van der Waals surface area contributed by atoms with Gasteiger partial charge < -0.3 is 24.1 Å². The van der Waals surface area contributed by atoms with Crippen molar-refractivity contribution in [1.82, 2.24) is 4.98 Å². The lowest BCUT2D eigenvalue weighted by molar-refractivity contribution is -0.138. The van der Waals surface area contributed by atoms with Crippen LogP contribution in [0, 0.1) is 13.5 Å². The number of carbonyl (C=O) groups is 1. The van der Waals surface area contributed by atoms with Crippen LogP contribution in [0.25, 0.3) is 15.8 Å². The number of pyridine rings is 1. The molecule has 33 heavy (non-hydrogen) atoms. The topological polar surface area (TPSA) is 95.0 Å². The molecule has 1 aliphatic heterocycles. The first-order valence-corrected chi connectivity index (χ1v) is 10.6. The van der Waals surface area contributed by atoms with Crippen LogP contribution in [-0.2, 0) is 9.53 Å². The van der Waals surface area contributed by atoms with Crippen molar-refractivity contribution in [3.05, 3.63) is 86.3 Å². The van der Waals surface area contributed by atoms with E-state index in [1.165, 1.54) is 6.07 Å². The van der Waals surface area contributed by atoms with Gasteiger partial charge in [0.25, 0.3) is 0 Å². The Balaban J connectivity index is 2.01. The maximum absolute atomic E-state index is 13.2. The van der Waals surface area contributed by atoms with E-state index in [1.807, 2.05) is 19.1 Å². The Kier molecular flexibility index (Phi) is 6.13. The van der Waals surface area contributed by atoms with Crippen molar-refractivity contribution in [3.63, 3.8) is 0 Å². The molecule has 2 aromatic heterocycles. The van der Waals surface area contributed by atoms with Crippen molar-refractivity contribution < 1.29 is 18.7 Å². The lowest BCUT2D eigenvalue weighted by Gasteiger charge is -2.31. The number of fused-ring (bicyclic) bond motifs is 2. The maximum atomic E-state index is 13.2. The zero-order valence-electron chi connectivity index (χ0n) is 18.6. The highest BCUT2D eigenvalue weighted by atomic mass is 16.5. The first-order chi connectivity index (χ1) is 16.0. The van der Waals surface area contributed by atoms with Crippen molar-refractivity contribution in [2.75, 3.05) is 25.1 Å². The molecular formula is C25H23N3O5. The highest BCUT2D eigenvalue weighted by Gasteiger charge is 2.37. The van der Waals surface area contributed by atoms with Crippen LogP contribution in [-0.4, -0.2) is 30.7 Å². The van der Waals surface area contributed by atoms with E-state index in [0.29, 0.717) is 51.6 Å². The Morgan fingerprint density at radius 3 is 2.88 bits per heavy atom. The molecule has 0 spiro atoms. The highest BCUT2D eigenvalue weighted by molar-refractivity contribution is 5.96. The smallest absolute Gasteiger partial charge is 0.337 e. The Labute approximate surface area is 190 Å². The number of hydrogen-bond donors (Lipinski definition) is 1. The molecule has 0 amide bonds. The third kappa shape index (κ3) is 4.05. The molecule has 1 unspecified atom stereocenters. The third-order valence-corrected chi connectivity index (χ3v) is 5.41. The second-order valence-electron chi connectivity index (χ2n) is 7.57. The normalized spacial score (nSPS) is 14.9. The molecule has 1 aliphatic rings. The maximum Gasteiger partial charge on any atom is 0.337 e. The Bertz CT molecular complexity index is 1370. The van der Waals surface area contributed by atoms with Crippen molar-refractivity contribution in [1.29, 1.82) is 0 Å². The molecule has 3 aromatic rings. The first-order valence-electron chi connectivity index (χ1n) is 10.6. The molecular weight excluding hydrogens is 422 g/mol. The molecule has 8 nitrogen and oxygen atoms in total. The second kappa shape index (κ2) is 9.17. The van der Waals surface area contributed by atoms with Gasteiger partial charge in [0.1, 0.15) is 11.3 Å². The first kappa shape index (κ1) is 22.1. The number of nitrogens with zero attached hydrogens (tertiary/aromatic N) is 2. The van der Waals surface area contributed by atoms with Crippen LogP contribution in [0.1, 0.15) is 36.7 Å². The Hall–Kier alpha value is -4.12. The average molecular weight is 445 g/mol. The van der Waals surface area contributed by atoms with Gasteiger partial charge in [-0.25, -0.2) is 16.4 Å². The third-order valence-electron chi connectivity index (χ3n) is 5.41. The summed E-state index contributed by atoms with van der Waals surface area (Å²) in [6.45, 7) is 12.7. The van der Waals surface area contributed by atoms with Crippen molar-refractivity contribution in [2.24, 2.45) is 0 Å². The molecule has 1 atom stereocenters. The van der Waals surface area contributed by atoms with Gasteiger partial charge in [-0.2, -0.15) is 0 Å². The fourth-order valence-corrected chi connectivity index (χ4v) is 4.11. The van der Waals surface area contributed by atoms with Crippen molar-refractivity contribution in [3.8, 4) is 5.88 Å². The molecule has 0 saturated heterocycles. The standard InChI is InChI=1S/C25H23N3O5/c1-5-31-24-22-18(9-10-27-24)28-15(3)20(25(30)32-12-11-26-4)21(22)17-8-6-7-16-19(29)13-14(2)33-23(16)17/h6-10,13,21,28H,5,11-12H2,1-3H3. The van der Waals surface area contributed by atoms with Gasteiger partial charge in [0.2, 0.25) is 12.4 Å². The molecule has 1 N–H and O–H groups in total. The van der Waals surface area contributed by atoms with Crippen LogP contribution in [0.3, 0.4) is 0 Å². The van der Waals surface area contributed by atoms with E-state index in [2.05, 4.69) is 15.1 Å². The number of nitrogens with one attached hydrogen (secondary N) is 1. The zero-order valence-corrected chi connectivity index (χ0v) is 18.6. The number of para-hydroxylation sites is 1. The van der Waals surface area contributed by atoms with Crippen LogP contribution in [0.5, 0.6) is 5.88 Å². The number of hydrogen-bond acceptors (Lipinski definition) is 7. The molecule has 0 saturated carbocycles. The molecule has 3 heterocycles. The van der Waals surface area contributed by atoms with Crippen LogP contribution in [0.2, 0.25) is 0 Å². The zero-order chi connectivity index (χ0) is 23.5. The summed E-state index contributed by atoms with van der Waals surface area (Å²) >= 11 is 0. The number of aryl methyl sites for hydroxylation is 1. The predicted molar refractivity (Wildman–Crippen MR) is 123 cm³/mol. The molecule has 4 rings (SSSR count). The summed E-state index contributed by atoms with van der Waals surface area (Å²) in [5.41, 5.74) is 3.19. The van der Waals surface area contributed by atoms with Gasteiger partial charge in [-0.15, -0.1) is 0 Å². The lowest BCUT2D eigenvalue weighted by atomic mass is 9.80. The Morgan fingerprint density at radius 2 is 2.12 bits per heavy atom.